The average Bonchev–Trinajstić information content (AvgIpc) is 2.60. The van der Waals surface area contributed by atoms with Gasteiger partial charge < -0.3 is 9.64 Å². The van der Waals surface area contributed by atoms with Crippen molar-refractivity contribution in [1.29, 1.82) is 0 Å². The number of hydrogen-bond donors (Lipinski definition) is 0. The van der Waals surface area contributed by atoms with Crippen LogP contribution >= 0.6 is 0 Å². The van der Waals surface area contributed by atoms with Gasteiger partial charge in [-0.2, -0.15) is 13.2 Å². The highest BCUT2D eigenvalue weighted by atomic mass is 19.4. The Morgan fingerprint density at radius 3 is 2.39 bits per heavy atom. The van der Waals surface area contributed by atoms with Crippen LogP contribution in [0.15, 0.2) is 36.5 Å². The number of hydrogen-bond acceptors (Lipinski definition) is 3. The van der Waals surface area contributed by atoms with E-state index in [-0.39, 0.29) is 17.9 Å². The van der Waals surface area contributed by atoms with Gasteiger partial charge in [-0.15, -0.1) is 0 Å². The molecule has 0 aliphatic carbocycles. The third kappa shape index (κ3) is 6.12. The SMILES string of the molecule is [C-]#[N+]c1ccc(N(CCOc2ccc(F)cn2)CC(C)(C)C)cc1C(F)(F)F. The predicted octanol–water partition coefficient (Wildman–Crippen LogP) is 5.72. The summed E-state index contributed by atoms with van der Waals surface area (Å²) >= 11 is 0. The molecule has 0 atom stereocenters. The first kappa shape index (κ1) is 21.5. The molecule has 0 saturated heterocycles. The van der Waals surface area contributed by atoms with Crippen LogP contribution in [0.4, 0.5) is 28.9 Å². The molecule has 0 N–H and O–H groups in total. The molecule has 0 bridgehead atoms. The summed E-state index contributed by atoms with van der Waals surface area (Å²) in [4.78, 5) is 8.53. The number of nitrogens with zero attached hydrogens (tertiary/aromatic N) is 3. The Hall–Kier alpha value is -2.82. The highest BCUT2D eigenvalue weighted by molar-refractivity contribution is 5.62. The molecule has 2 aromatic rings. The van der Waals surface area contributed by atoms with Crippen LogP contribution in [0.25, 0.3) is 4.85 Å². The smallest absolute Gasteiger partial charge is 0.407 e. The number of pyridine rings is 1. The molecular formula is C20H21F4N3O. The van der Waals surface area contributed by atoms with E-state index in [1.54, 1.807) is 4.90 Å². The highest BCUT2D eigenvalue weighted by Crippen LogP contribution is 2.39. The quantitative estimate of drug-likeness (QED) is 0.463. The Kier molecular flexibility index (Phi) is 6.49. The first-order chi connectivity index (χ1) is 13.0. The lowest BCUT2D eigenvalue weighted by Gasteiger charge is -2.32. The lowest BCUT2D eigenvalue weighted by atomic mass is 9.95. The van der Waals surface area contributed by atoms with Crippen molar-refractivity contribution in [3.8, 4) is 5.88 Å². The van der Waals surface area contributed by atoms with Gasteiger partial charge in [-0.1, -0.05) is 26.8 Å². The van der Waals surface area contributed by atoms with E-state index in [0.29, 0.717) is 18.8 Å². The highest BCUT2D eigenvalue weighted by Gasteiger charge is 2.34. The van der Waals surface area contributed by atoms with Gasteiger partial charge in [0.05, 0.1) is 24.9 Å². The number of alkyl halides is 3. The molecule has 0 radical (unpaired) electrons. The molecule has 28 heavy (non-hydrogen) atoms. The normalized spacial score (nSPS) is 11.8. The molecule has 0 saturated carbocycles. The van der Waals surface area contributed by atoms with E-state index < -0.39 is 23.2 Å². The fourth-order valence-corrected chi connectivity index (χ4v) is 2.63. The maximum absolute atomic E-state index is 13.3. The summed E-state index contributed by atoms with van der Waals surface area (Å²) in [7, 11) is 0. The zero-order valence-electron chi connectivity index (χ0n) is 15.8. The van der Waals surface area contributed by atoms with E-state index >= 15 is 0 Å². The van der Waals surface area contributed by atoms with Crippen LogP contribution in [0.5, 0.6) is 5.88 Å². The van der Waals surface area contributed by atoms with E-state index in [1.807, 2.05) is 20.8 Å². The van der Waals surface area contributed by atoms with Gasteiger partial charge in [0.2, 0.25) is 5.88 Å². The van der Waals surface area contributed by atoms with Gasteiger partial charge >= 0.3 is 6.18 Å². The summed E-state index contributed by atoms with van der Waals surface area (Å²) in [6.07, 6.45) is -3.58. The molecule has 0 aliphatic heterocycles. The maximum Gasteiger partial charge on any atom is 0.407 e. The Morgan fingerprint density at radius 2 is 1.86 bits per heavy atom. The molecule has 4 nitrogen and oxygen atoms in total. The molecule has 0 unspecified atom stereocenters. The molecular weight excluding hydrogens is 374 g/mol. The fraction of sp³-hybridized carbons (Fsp3) is 0.400. The minimum absolute atomic E-state index is 0.153. The molecule has 0 spiro atoms. The molecule has 1 aromatic carbocycles. The minimum Gasteiger partial charge on any atom is -0.476 e. The van der Waals surface area contributed by atoms with Crippen LogP contribution in [-0.4, -0.2) is 24.7 Å². The number of ether oxygens (including phenoxy) is 1. The third-order valence-electron chi connectivity index (χ3n) is 3.75. The Labute approximate surface area is 161 Å². The van der Waals surface area contributed by atoms with Gasteiger partial charge in [-0.05, 0) is 23.6 Å². The lowest BCUT2D eigenvalue weighted by Crippen LogP contribution is -2.36. The first-order valence-electron chi connectivity index (χ1n) is 8.57. The second-order valence-electron chi connectivity index (χ2n) is 7.46. The van der Waals surface area contributed by atoms with Crippen LogP contribution in [0.2, 0.25) is 0 Å². The number of benzene rings is 1. The zero-order chi connectivity index (χ0) is 20.9. The van der Waals surface area contributed by atoms with Crippen LogP contribution in [0.3, 0.4) is 0 Å². The van der Waals surface area contributed by atoms with Gasteiger partial charge in [0.1, 0.15) is 12.4 Å². The van der Waals surface area contributed by atoms with Crippen LogP contribution in [-0.2, 0) is 6.18 Å². The van der Waals surface area contributed by atoms with E-state index in [2.05, 4.69) is 9.83 Å². The van der Waals surface area contributed by atoms with Crippen molar-refractivity contribution in [1.82, 2.24) is 4.98 Å². The topological polar surface area (TPSA) is 29.7 Å². The summed E-state index contributed by atoms with van der Waals surface area (Å²) in [5.74, 6) is -0.252. The molecule has 0 amide bonds. The Bertz CT molecular complexity index is 837. The van der Waals surface area contributed by atoms with E-state index in [4.69, 9.17) is 11.3 Å². The van der Waals surface area contributed by atoms with Gasteiger partial charge in [-0.25, -0.2) is 14.2 Å². The standard InChI is InChI=1S/C20H21F4N3O/c1-19(2,3)13-27(9-10-28-18-8-5-14(21)12-26-18)15-6-7-17(25-4)16(11-15)20(22,23)24/h5-8,11-12H,9-10,13H2,1-3H3. The number of rotatable bonds is 6. The summed E-state index contributed by atoms with van der Waals surface area (Å²) in [6, 6.07) is 6.28. The van der Waals surface area contributed by atoms with Gasteiger partial charge in [-0.3, -0.25) is 0 Å². The van der Waals surface area contributed by atoms with Crippen molar-refractivity contribution in [2.45, 2.75) is 26.9 Å². The summed E-state index contributed by atoms with van der Waals surface area (Å²) in [6.45, 7) is 13.8. The van der Waals surface area contributed by atoms with E-state index in [1.165, 1.54) is 24.3 Å². The van der Waals surface area contributed by atoms with Crippen molar-refractivity contribution in [2.24, 2.45) is 5.41 Å². The first-order valence-corrected chi connectivity index (χ1v) is 8.57. The van der Waals surface area contributed by atoms with E-state index in [0.717, 1.165) is 12.3 Å². The van der Waals surface area contributed by atoms with E-state index in [9.17, 15) is 17.6 Å². The number of aromatic nitrogens is 1. The maximum atomic E-state index is 13.3. The monoisotopic (exact) mass is 395 g/mol. The predicted molar refractivity (Wildman–Crippen MR) is 99.1 cm³/mol. The summed E-state index contributed by atoms with van der Waals surface area (Å²) < 4.78 is 58.3. The molecule has 0 fully saturated rings. The molecule has 2 rings (SSSR count). The van der Waals surface area contributed by atoms with Gasteiger partial charge in [0, 0.05) is 18.3 Å². The van der Waals surface area contributed by atoms with Gasteiger partial charge in [0.25, 0.3) is 0 Å². The second-order valence-corrected chi connectivity index (χ2v) is 7.46. The van der Waals surface area contributed by atoms with Crippen LogP contribution < -0.4 is 9.64 Å². The Balaban J connectivity index is 2.23. The zero-order valence-corrected chi connectivity index (χ0v) is 15.8. The Morgan fingerprint density at radius 1 is 1.14 bits per heavy atom. The number of anilines is 1. The molecule has 1 aromatic heterocycles. The largest absolute Gasteiger partial charge is 0.476 e. The fourth-order valence-electron chi connectivity index (χ4n) is 2.63. The summed E-state index contributed by atoms with van der Waals surface area (Å²) in [5, 5.41) is 0. The second kappa shape index (κ2) is 8.46. The van der Waals surface area contributed by atoms with Crippen molar-refractivity contribution >= 4 is 11.4 Å². The lowest BCUT2D eigenvalue weighted by molar-refractivity contribution is -0.136. The minimum atomic E-state index is -4.61. The molecule has 1 heterocycles. The van der Waals surface area contributed by atoms with Crippen LogP contribution in [0.1, 0.15) is 26.3 Å². The average molecular weight is 395 g/mol. The molecule has 150 valence electrons. The summed E-state index contributed by atoms with van der Waals surface area (Å²) in [5.41, 5.74) is -1.23. The molecule has 8 heteroatoms. The third-order valence-corrected chi connectivity index (χ3v) is 3.75. The van der Waals surface area contributed by atoms with Crippen molar-refractivity contribution in [3.63, 3.8) is 0 Å². The van der Waals surface area contributed by atoms with Crippen molar-refractivity contribution in [2.75, 3.05) is 24.6 Å². The number of halogens is 4. The van der Waals surface area contributed by atoms with Gasteiger partial charge in [0.15, 0.2) is 5.69 Å². The van der Waals surface area contributed by atoms with Crippen molar-refractivity contribution < 1.29 is 22.3 Å². The van der Waals surface area contributed by atoms with Crippen LogP contribution in [0, 0.1) is 17.8 Å². The van der Waals surface area contributed by atoms with Crippen molar-refractivity contribution in [3.05, 3.63) is 59.3 Å². The molecule has 0 aliphatic rings.